The Labute approximate surface area is 170 Å². The van der Waals surface area contributed by atoms with Crippen LogP contribution >= 0.6 is 0 Å². The molecule has 0 N–H and O–H groups in total. The van der Waals surface area contributed by atoms with Gasteiger partial charge in [-0.3, -0.25) is 4.79 Å². The summed E-state index contributed by atoms with van der Waals surface area (Å²) in [6, 6.07) is 23.1. The van der Waals surface area contributed by atoms with Crippen LogP contribution in [0.3, 0.4) is 0 Å². The molecule has 5 rings (SSSR count). The van der Waals surface area contributed by atoms with Crippen LogP contribution < -0.4 is 5.56 Å². The monoisotopic (exact) mass is 398 g/mol. The van der Waals surface area contributed by atoms with E-state index in [0.29, 0.717) is 16.6 Å². The molecule has 0 fully saturated rings. The van der Waals surface area contributed by atoms with E-state index in [0.717, 1.165) is 16.3 Å². The molecular weight excluding hydrogens is 382 g/mol. The van der Waals surface area contributed by atoms with Crippen LogP contribution in [0.1, 0.15) is 5.56 Å². The van der Waals surface area contributed by atoms with Gasteiger partial charge in [0.05, 0.1) is 23.8 Å². The Hall–Kier alpha value is -3.86. The van der Waals surface area contributed by atoms with E-state index in [1.807, 2.05) is 42.5 Å². The number of fused-ring (bicyclic) bond motifs is 2. The van der Waals surface area contributed by atoms with Gasteiger partial charge in [0.15, 0.2) is 0 Å². The molecule has 0 saturated carbocycles. The highest BCUT2D eigenvalue weighted by atomic mass is 19.1. The Kier molecular flexibility index (Phi) is 4.36. The van der Waals surface area contributed by atoms with Gasteiger partial charge >= 0.3 is 0 Å². The van der Waals surface area contributed by atoms with Gasteiger partial charge in [-0.15, -0.1) is 0 Å². The quantitative estimate of drug-likeness (QED) is 0.400. The molecule has 0 bridgehead atoms. The van der Waals surface area contributed by atoms with E-state index < -0.39 is 17.2 Å². The molecule has 0 amide bonds. The van der Waals surface area contributed by atoms with Gasteiger partial charge in [-0.2, -0.15) is 0 Å². The third-order valence-electron chi connectivity index (χ3n) is 5.29. The van der Waals surface area contributed by atoms with Crippen molar-refractivity contribution in [1.29, 1.82) is 0 Å². The van der Waals surface area contributed by atoms with Crippen molar-refractivity contribution in [1.82, 2.24) is 9.55 Å². The van der Waals surface area contributed by atoms with Crippen LogP contribution in [0.25, 0.3) is 32.9 Å². The minimum absolute atomic E-state index is 0.155. The van der Waals surface area contributed by atoms with Gasteiger partial charge < -0.3 is 4.57 Å². The Morgan fingerprint density at radius 2 is 1.47 bits per heavy atom. The second kappa shape index (κ2) is 7.19. The zero-order valence-corrected chi connectivity index (χ0v) is 15.8. The van der Waals surface area contributed by atoms with E-state index in [9.17, 15) is 13.6 Å². The van der Waals surface area contributed by atoms with E-state index in [4.69, 9.17) is 0 Å². The van der Waals surface area contributed by atoms with Crippen molar-refractivity contribution < 1.29 is 8.78 Å². The normalized spacial score (nSPS) is 11.3. The summed E-state index contributed by atoms with van der Waals surface area (Å²) >= 11 is 0. The van der Waals surface area contributed by atoms with Gasteiger partial charge in [0.2, 0.25) is 0 Å². The number of rotatable bonds is 3. The number of nitrogens with zero attached hydrogens (tertiary/aromatic N) is 2. The third kappa shape index (κ3) is 3.14. The first kappa shape index (κ1) is 18.2. The van der Waals surface area contributed by atoms with Gasteiger partial charge in [-0.25, -0.2) is 13.8 Å². The highest BCUT2D eigenvalue weighted by molar-refractivity contribution is 5.87. The predicted molar refractivity (Wildman–Crippen MR) is 114 cm³/mol. The van der Waals surface area contributed by atoms with Crippen molar-refractivity contribution in [2.75, 3.05) is 0 Å². The maximum Gasteiger partial charge on any atom is 0.269 e. The first-order valence-corrected chi connectivity index (χ1v) is 9.52. The average Bonchev–Trinajstić information content (AvgIpc) is 2.77. The molecule has 0 aliphatic rings. The average molecular weight is 398 g/mol. The molecule has 1 aromatic heterocycles. The first-order chi connectivity index (χ1) is 14.6. The second-order valence-corrected chi connectivity index (χ2v) is 7.15. The van der Waals surface area contributed by atoms with E-state index >= 15 is 0 Å². The van der Waals surface area contributed by atoms with Gasteiger partial charge in [0.25, 0.3) is 5.56 Å². The summed E-state index contributed by atoms with van der Waals surface area (Å²) < 4.78 is 31.2. The highest BCUT2D eigenvalue weighted by Crippen LogP contribution is 2.28. The SMILES string of the molecule is O=c1cnc2ccccc2n1Cc1c(F)cc(-c2ccc3ccccc3c2)cc1F. The standard InChI is InChI=1S/C25H16F2N2O/c26-21-12-19(18-10-9-16-5-1-2-6-17(16)11-18)13-22(27)20(21)15-29-24-8-4-3-7-23(24)28-14-25(29)30/h1-14H,15H2. The number of halogens is 2. The predicted octanol–water partition coefficient (Wildman–Crippen LogP) is 5.54. The maximum absolute atomic E-state index is 15.0. The lowest BCUT2D eigenvalue weighted by Gasteiger charge is -2.13. The largest absolute Gasteiger partial charge is 0.301 e. The van der Waals surface area contributed by atoms with Crippen LogP contribution in [0.2, 0.25) is 0 Å². The lowest BCUT2D eigenvalue weighted by Crippen LogP contribution is -2.22. The van der Waals surface area contributed by atoms with Crippen molar-refractivity contribution in [3.05, 3.63) is 113 Å². The summed E-state index contributed by atoms with van der Waals surface area (Å²) in [5, 5.41) is 2.05. The molecule has 4 aromatic carbocycles. The van der Waals surface area contributed by atoms with Crippen molar-refractivity contribution in [2.45, 2.75) is 6.54 Å². The minimum atomic E-state index is -0.689. The van der Waals surface area contributed by atoms with Crippen molar-refractivity contribution in [2.24, 2.45) is 0 Å². The fourth-order valence-electron chi connectivity index (χ4n) is 3.73. The van der Waals surface area contributed by atoms with Crippen LogP contribution in [0, 0.1) is 11.6 Å². The molecule has 0 aliphatic carbocycles. The summed E-state index contributed by atoms with van der Waals surface area (Å²) in [6.07, 6.45) is 1.17. The van der Waals surface area contributed by atoms with Gasteiger partial charge in [-0.05, 0) is 52.2 Å². The van der Waals surface area contributed by atoms with Crippen LogP contribution in [-0.4, -0.2) is 9.55 Å². The molecule has 0 unspecified atom stereocenters. The molecular formula is C25H16F2N2O. The zero-order chi connectivity index (χ0) is 20.7. The molecule has 146 valence electrons. The molecule has 1 heterocycles. The summed E-state index contributed by atoms with van der Waals surface area (Å²) in [6.45, 7) is -0.211. The van der Waals surface area contributed by atoms with Crippen molar-refractivity contribution in [3.63, 3.8) is 0 Å². The molecule has 0 atom stereocenters. The van der Waals surface area contributed by atoms with Gasteiger partial charge in [0.1, 0.15) is 11.6 Å². The molecule has 0 saturated heterocycles. The molecule has 5 heteroatoms. The lowest BCUT2D eigenvalue weighted by molar-refractivity contribution is 0.545. The summed E-state index contributed by atoms with van der Waals surface area (Å²) in [4.78, 5) is 16.4. The number of para-hydroxylation sites is 2. The fourth-order valence-corrected chi connectivity index (χ4v) is 3.73. The lowest BCUT2D eigenvalue weighted by atomic mass is 9.99. The number of hydrogen-bond donors (Lipinski definition) is 0. The van der Waals surface area contributed by atoms with Crippen molar-refractivity contribution in [3.8, 4) is 11.1 Å². The van der Waals surface area contributed by atoms with Crippen LogP contribution in [0.15, 0.2) is 89.9 Å². The second-order valence-electron chi connectivity index (χ2n) is 7.15. The van der Waals surface area contributed by atoms with E-state index in [2.05, 4.69) is 4.98 Å². The van der Waals surface area contributed by atoms with E-state index in [1.54, 1.807) is 24.3 Å². The topological polar surface area (TPSA) is 34.9 Å². The highest BCUT2D eigenvalue weighted by Gasteiger charge is 2.15. The third-order valence-corrected chi connectivity index (χ3v) is 5.29. The zero-order valence-electron chi connectivity index (χ0n) is 15.8. The van der Waals surface area contributed by atoms with E-state index in [1.165, 1.54) is 22.9 Å². The number of hydrogen-bond acceptors (Lipinski definition) is 2. The molecule has 3 nitrogen and oxygen atoms in total. The summed E-state index contributed by atoms with van der Waals surface area (Å²) in [5.41, 5.74) is 1.73. The molecule has 0 spiro atoms. The molecule has 5 aromatic rings. The number of aromatic nitrogens is 2. The molecule has 0 aliphatic heterocycles. The van der Waals surface area contributed by atoms with Crippen LogP contribution in [0.5, 0.6) is 0 Å². The molecule has 0 radical (unpaired) electrons. The molecule has 30 heavy (non-hydrogen) atoms. The Morgan fingerprint density at radius 1 is 0.767 bits per heavy atom. The number of benzene rings is 4. The Bertz CT molecular complexity index is 1450. The Balaban J connectivity index is 1.58. The minimum Gasteiger partial charge on any atom is -0.301 e. The summed E-state index contributed by atoms with van der Waals surface area (Å²) in [7, 11) is 0. The first-order valence-electron chi connectivity index (χ1n) is 9.52. The maximum atomic E-state index is 15.0. The van der Waals surface area contributed by atoms with Crippen LogP contribution in [0.4, 0.5) is 8.78 Å². The van der Waals surface area contributed by atoms with Crippen molar-refractivity contribution >= 4 is 21.8 Å². The van der Waals surface area contributed by atoms with E-state index in [-0.39, 0.29) is 12.1 Å². The fraction of sp³-hybridized carbons (Fsp3) is 0.0400. The van der Waals surface area contributed by atoms with Crippen LogP contribution in [-0.2, 0) is 6.54 Å². The smallest absolute Gasteiger partial charge is 0.269 e. The Morgan fingerprint density at radius 3 is 2.27 bits per heavy atom. The van der Waals surface area contributed by atoms with Gasteiger partial charge in [-0.1, -0.05) is 48.5 Å². The van der Waals surface area contributed by atoms with Gasteiger partial charge in [0, 0.05) is 5.56 Å². The summed E-state index contributed by atoms with van der Waals surface area (Å²) in [5.74, 6) is -1.38.